The number of carbonyl (C=O) groups excluding carboxylic acids is 2. The number of ether oxygens (including phenoxy) is 2. The van der Waals surface area contributed by atoms with Crippen LogP contribution in [-0.4, -0.2) is 58.3 Å². The molecule has 124 valence electrons. The fraction of sp³-hybridized carbons (Fsp3) is 0.750. The van der Waals surface area contributed by atoms with E-state index in [1.165, 1.54) is 22.6 Å². The Bertz CT molecular complexity index is 528. The number of hydrogen-bond acceptors (Lipinski definition) is 10. The number of halogens is 1. The zero-order valence-corrected chi connectivity index (χ0v) is 14.9. The molecule has 0 N–H and O–H groups in total. The van der Waals surface area contributed by atoms with Gasteiger partial charge < -0.3 is 9.47 Å². The Balaban J connectivity index is 4.85. The van der Waals surface area contributed by atoms with Gasteiger partial charge >= 0.3 is 11.9 Å². The standard InChI is InChI=1S/C8H13IO10S2/c1-5(7(10)16-2)18-20(12,13)4-21(14,15)19-6(9)8(11)17-3/h5-6H,4H2,1-3H3. The van der Waals surface area contributed by atoms with Crippen molar-refractivity contribution in [1.82, 2.24) is 0 Å². The molecule has 2 unspecified atom stereocenters. The molecule has 0 radical (unpaired) electrons. The molecule has 0 spiro atoms. The molecule has 0 aromatic heterocycles. The highest BCUT2D eigenvalue weighted by Gasteiger charge is 2.32. The maximum absolute atomic E-state index is 11.5. The quantitative estimate of drug-likeness (QED) is 0.194. The minimum absolute atomic E-state index is 1.00. The lowest BCUT2D eigenvalue weighted by Gasteiger charge is -2.12. The molecule has 0 saturated heterocycles. The molecule has 0 aromatic rings. The van der Waals surface area contributed by atoms with Crippen LogP contribution in [0.3, 0.4) is 0 Å². The van der Waals surface area contributed by atoms with E-state index >= 15 is 0 Å². The lowest BCUT2D eigenvalue weighted by Crippen LogP contribution is -2.31. The van der Waals surface area contributed by atoms with Crippen LogP contribution in [0.15, 0.2) is 0 Å². The van der Waals surface area contributed by atoms with Crippen molar-refractivity contribution in [1.29, 1.82) is 0 Å². The van der Waals surface area contributed by atoms with E-state index in [1.807, 2.05) is 0 Å². The average Bonchev–Trinajstić information content (AvgIpc) is 2.33. The second kappa shape index (κ2) is 8.21. The van der Waals surface area contributed by atoms with Gasteiger partial charge in [0.1, 0.15) is 0 Å². The first kappa shape index (κ1) is 20.5. The van der Waals surface area contributed by atoms with Crippen molar-refractivity contribution in [2.75, 3.05) is 19.3 Å². The molecule has 0 aliphatic heterocycles. The zero-order chi connectivity index (χ0) is 16.8. The van der Waals surface area contributed by atoms with Gasteiger partial charge in [-0.2, -0.15) is 16.8 Å². The van der Waals surface area contributed by atoms with E-state index < -0.39 is 47.5 Å². The predicted molar refractivity (Wildman–Crippen MR) is 76.2 cm³/mol. The third-order valence-corrected chi connectivity index (χ3v) is 6.22. The number of esters is 2. The van der Waals surface area contributed by atoms with Gasteiger partial charge in [-0.1, -0.05) is 0 Å². The molecule has 0 rings (SSSR count). The summed E-state index contributed by atoms with van der Waals surface area (Å²) in [5.41, 5.74) is 0. The monoisotopic (exact) mass is 460 g/mol. The fourth-order valence-corrected chi connectivity index (χ4v) is 4.83. The largest absolute Gasteiger partial charge is 0.467 e. The zero-order valence-electron chi connectivity index (χ0n) is 11.1. The summed E-state index contributed by atoms with van der Waals surface area (Å²) in [6, 6.07) is 0. The summed E-state index contributed by atoms with van der Waals surface area (Å²) < 4.78 is 61.5. The highest BCUT2D eigenvalue weighted by molar-refractivity contribution is 14.1. The van der Waals surface area contributed by atoms with Crippen molar-refractivity contribution in [2.45, 2.75) is 17.1 Å². The van der Waals surface area contributed by atoms with Crippen LogP contribution in [0.2, 0.25) is 0 Å². The van der Waals surface area contributed by atoms with Crippen molar-refractivity contribution >= 4 is 54.8 Å². The molecule has 0 aliphatic rings. The lowest BCUT2D eigenvalue weighted by molar-refractivity contribution is -0.147. The van der Waals surface area contributed by atoms with Crippen LogP contribution >= 0.6 is 22.6 Å². The van der Waals surface area contributed by atoms with Crippen molar-refractivity contribution < 1.29 is 44.3 Å². The molecule has 0 aromatic carbocycles. The van der Waals surface area contributed by atoms with Gasteiger partial charge in [-0.25, -0.2) is 13.8 Å². The van der Waals surface area contributed by atoms with Crippen LogP contribution in [0.25, 0.3) is 0 Å². The van der Waals surface area contributed by atoms with Crippen LogP contribution in [0.5, 0.6) is 0 Å². The van der Waals surface area contributed by atoms with Gasteiger partial charge in [0, 0.05) is 0 Å². The summed E-state index contributed by atoms with van der Waals surface area (Å²) >= 11 is 1.30. The van der Waals surface area contributed by atoms with Crippen LogP contribution in [-0.2, 0) is 47.7 Å². The molecular formula is C8H13IO10S2. The summed E-state index contributed by atoms with van der Waals surface area (Å²) in [6.07, 6.45) is -1.52. The molecule has 21 heavy (non-hydrogen) atoms. The number of rotatable bonds is 8. The van der Waals surface area contributed by atoms with Crippen molar-refractivity contribution in [2.24, 2.45) is 0 Å². The van der Waals surface area contributed by atoms with E-state index in [2.05, 4.69) is 17.8 Å². The first-order chi connectivity index (χ1) is 9.44. The van der Waals surface area contributed by atoms with E-state index in [9.17, 15) is 26.4 Å². The van der Waals surface area contributed by atoms with E-state index in [0.29, 0.717) is 0 Å². The molecule has 10 nitrogen and oxygen atoms in total. The Morgan fingerprint density at radius 3 is 1.81 bits per heavy atom. The van der Waals surface area contributed by atoms with Crippen LogP contribution < -0.4 is 0 Å². The maximum atomic E-state index is 11.5. The summed E-state index contributed by atoms with van der Waals surface area (Å²) in [5.74, 6) is -2.02. The molecule has 0 heterocycles. The van der Waals surface area contributed by atoms with Gasteiger partial charge in [-0.15, -0.1) is 0 Å². The summed E-state index contributed by atoms with van der Waals surface area (Å²) in [4.78, 5) is 22.0. The van der Waals surface area contributed by atoms with E-state index in [0.717, 1.165) is 21.1 Å². The molecule has 0 saturated carbocycles. The lowest BCUT2D eigenvalue weighted by atomic mass is 10.4. The average molecular weight is 460 g/mol. The van der Waals surface area contributed by atoms with Gasteiger partial charge in [0.25, 0.3) is 20.2 Å². The summed E-state index contributed by atoms with van der Waals surface area (Å²) in [5, 5.41) is -1.57. The Hall–Kier alpha value is -0.510. The third kappa shape index (κ3) is 7.89. The molecule has 0 bridgehead atoms. The first-order valence-electron chi connectivity index (χ1n) is 5.05. The Morgan fingerprint density at radius 2 is 1.38 bits per heavy atom. The van der Waals surface area contributed by atoms with Crippen LogP contribution in [0, 0.1) is 0 Å². The SMILES string of the molecule is COC(=O)C(C)OS(=O)(=O)CS(=O)(=O)OC(I)C(=O)OC. The molecule has 0 fully saturated rings. The Morgan fingerprint density at radius 1 is 0.952 bits per heavy atom. The van der Waals surface area contributed by atoms with Crippen molar-refractivity contribution in [3.63, 3.8) is 0 Å². The first-order valence-corrected chi connectivity index (χ1v) is 9.45. The van der Waals surface area contributed by atoms with Crippen molar-refractivity contribution in [3.8, 4) is 0 Å². The van der Waals surface area contributed by atoms with E-state index in [4.69, 9.17) is 0 Å². The van der Waals surface area contributed by atoms with E-state index in [-0.39, 0.29) is 0 Å². The Kier molecular flexibility index (Phi) is 8.01. The molecule has 13 heteroatoms. The molecular weight excluding hydrogens is 447 g/mol. The number of carbonyl (C=O) groups is 2. The number of alkyl halides is 1. The van der Waals surface area contributed by atoms with E-state index in [1.54, 1.807) is 0 Å². The maximum Gasteiger partial charge on any atom is 0.346 e. The molecule has 0 amide bonds. The minimum Gasteiger partial charge on any atom is -0.467 e. The van der Waals surface area contributed by atoms with Gasteiger partial charge in [-0.05, 0) is 29.5 Å². The number of methoxy groups -OCH3 is 2. The van der Waals surface area contributed by atoms with Gasteiger partial charge in [0.2, 0.25) is 9.20 Å². The normalized spacial score (nSPS) is 15.0. The van der Waals surface area contributed by atoms with Gasteiger partial charge in [-0.3, -0.25) is 4.18 Å². The second-order valence-corrected chi connectivity index (χ2v) is 8.12. The third-order valence-electron chi connectivity index (χ3n) is 1.73. The van der Waals surface area contributed by atoms with Gasteiger partial charge in [0.05, 0.1) is 14.2 Å². The molecule has 0 aliphatic carbocycles. The minimum atomic E-state index is -4.65. The smallest absolute Gasteiger partial charge is 0.346 e. The highest BCUT2D eigenvalue weighted by atomic mass is 127. The highest BCUT2D eigenvalue weighted by Crippen LogP contribution is 2.13. The fourth-order valence-electron chi connectivity index (χ4n) is 0.918. The summed E-state index contributed by atoms with van der Waals surface area (Å²) in [6.45, 7) is 1.06. The summed E-state index contributed by atoms with van der Waals surface area (Å²) in [7, 11) is -7.28. The number of hydrogen-bond donors (Lipinski definition) is 0. The molecule has 2 atom stereocenters. The van der Waals surface area contributed by atoms with Crippen LogP contribution in [0.1, 0.15) is 6.92 Å². The van der Waals surface area contributed by atoms with Crippen molar-refractivity contribution in [3.05, 3.63) is 0 Å². The predicted octanol–water partition coefficient (Wildman–Crippen LogP) is -0.868. The van der Waals surface area contributed by atoms with Crippen LogP contribution in [0.4, 0.5) is 0 Å². The Labute approximate surface area is 135 Å². The topological polar surface area (TPSA) is 139 Å². The second-order valence-electron chi connectivity index (χ2n) is 3.43. The van der Waals surface area contributed by atoms with Gasteiger partial charge in [0.15, 0.2) is 6.10 Å².